The van der Waals surface area contributed by atoms with Crippen molar-refractivity contribution < 1.29 is 4.42 Å². The highest BCUT2D eigenvalue weighted by atomic mass is 32.1. The molecule has 0 aliphatic carbocycles. The Labute approximate surface area is 360 Å². The van der Waals surface area contributed by atoms with Crippen LogP contribution in [0.15, 0.2) is 215 Å². The molecule has 12 aromatic rings. The molecule has 1 aliphatic rings. The van der Waals surface area contributed by atoms with Gasteiger partial charge in [-0.15, -0.1) is 11.3 Å². The van der Waals surface area contributed by atoms with Crippen LogP contribution in [-0.4, -0.2) is 11.7 Å². The topological polar surface area (TPSA) is 49.9 Å². The van der Waals surface area contributed by atoms with E-state index in [9.17, 15) is 0 Å². The summed E-state index contributed by atoms with van der Waals surface area (Å²) in [5.41, 5.74) is 9.36. The summed E-state index contributed by atoms with van der Waals surface area (Å²) in [5, 5.41) is 15.6. The predicted octanol–water partition coefficient (Wildman–Crippen LogP) is 15.2. The molecule has 13 rings (SSSR count). The van der Waals surface area contributed by atoms with Crippen LogP contribution in [-0.2, 0) is 0 Å². The highest BCUT2D eigenvalue weighted by Crippen LogP contribution is 2.43. The Morgan fingerprint density at radius 3 is 1.84 bits per heavy atom. The van der Waals surface area contributed by atoms with Gasteiger partial charge in [-0.05, 0) is 109 Å². The van der Waals surface area contributed by atoms with E-state index in [1.807, 2.05) is 0 Å². The van der Waals surface area contributed by atoms with Crippen LogP contribution >= 0.6 is 11.3 Å². The number of amidine groups is 2. The monoisotopic (exact) mass is 809 g/mol. The van der Waals surface area contributed by atoms with Crippen molar-refractivity contribution in [2.75, 3.05) is 0 Å². The minimum atomic E-state index is -0.368. The largest absolute Gasteiger partial charge is 0.456 e. The molecule has 0 spiro atoms. The van der Waals surface area contributed by atoms with Crippen molar-refractivity contribution in [3.63, 3.8) is 0 Å². The highest BCUT2D eigenvalue weighted by Gasteiger charge is 2.24. The van der Waals surface area contributed by atoms with E-state index in [1.165, 1.54) is 47.1 Å². The summed E-state index contributed by atoms with van der Waals surface area (Å²) < 4.78 is 9.19. The summed E-state index contributed by atoms with van der Waals surface area (Å²) in [6.45, 7) is 0. The lowest BCUT2D eigenvalue weighted by molar-refractivity contribution is 0.669. The van der Waals surface area contributed by atoms with Crippen LogP contribution in [0.4, 0.5) is 0 Å². The number of aliphatic imine (C=N–C) groups is 2. The quantitative estimate of drug-likeness (QED) is 0.188. The third kappa shape index (κ3) is 5.74. The Kier molecular flexibility index (Phi) is 7.81. The van der Waals surface area contributed by atoms with Gasteiger partial charge in [-0.2, -0.15) is 0 Å². The molecule has 5 heteroatoms. The molecule has 3 heterocycles. The summed E-state index contributed by atoms with van der Waals surface area (Å²) in [7, 11) is 0. The van der Waals surface area contributed by atoms with Gasteiger partial charge in [0.05, 0.1) is 0 Å². The van der Waals surface area contributed by atoms with Gasteiger partial charge in [0, 0.05) is 42.1 Å². The van der Waals surface area contributed by atoms with Crippen molar-refractivity contribution in [1.82, 2.24) is 5.32 Å². The lowest BCUT2D eigenvalue weighted by Gasteiger charge is -2.24. The van der Waals surface area contributed by atoms with Crippen molar-refractivity contribution in [2.24, 2.45) is 9.98 Å². The zero-order valence-corrected chi connectivity index (χ0v) is 34.2. The van der Waals surface area contributed by atoms with Crippen LogP contribution in [0, 0.1) is 0 Å². The molecule has 0 fully saturated rings. The van der Waals surface area contributed by atoms with Gasteiger partial charge < -0.3 is 9.73 Å². The van der Waals surface area contributed by atoms with Gasteiger partial charge in [0.25, 0.3) is 0 Å². The Morgan fingerprint density at radius 1 is 0.435 bits per heavy atom. The number of nitrogens with zero attached hydrogens (tertiary/aromatic N) is 2. The molecule has 1 N–H and O–H groups in total. The SMILES string of the molecule is c1ccc2cc(C3=NC(c4cccc5c4sc4ccccc45)=NC(c4ccc(-c5cc(-c6ccc7ccccc7c6)cc6oc7cc8ccccc8cc7c56)cc4)N3)ccc2c1. The lowest BCUT2D eigenvalue weighted by Crippen LogP contribution is -2.33. The molecule has 10 aromatic carbocycles. The first-order valence-electron chi connectivity index (χ1n) is 21.0. The standard InChI is InChI=1S/C57H35N3OS/c1-3-12-38-28-42(26-20-34(38)10-1)44-31-48(53-49-30-40-14-5-6-15-41(40)32-50(49)61-51(53)33-44)36-22-24-37(25-23-36)55-58-56(43-27-21-35-11-2-4-13-39(35)29-43)60-57(59-55)47-18-9-17-46-45-16-7-8-19-52(45)62-54(46)47/h1-33,55H,(H,58,59,60). The number of thiophene rings is 1. The molecule has 2 aromatic heterocycles. The van der Waals surface area contributed by atoms with Crippen molar-refractivity contribution in [3.8, 4) is 22.3 Å². The summed E-state index contributed by atoms with van der Waals surface area (Å²) in [5.74, 6) is 1.52. The zero-order chi connectivity index (χ0) is 40.7. The molecule has 0 saturated carbocycles. The van der Waals surface area contributed by atoms with Gasteiger partial charge in [0.1, 0.15) is 23.2 Å². The second kappa shape index (κ2) is 13.8. The van der Waals surface area contributed by atoms with E-state index in [4.69, 9.17) is 14.4 Å². The van der Waals surface area contributed by atoms with Gasteiger partial charge in [-0.3, -0.25) is 0 Å². The first kappa shape index (κ1) is 34.9. The predicted molar refractivity (Wildman–Crippen MR) is 262 cm³/mol. The number of nitrogens with one attached hydrogen (secondary N) is 1. The van der Waals surface area contributed by atoms with Gasteiger partial charge in [0.2, 0.25) is 0 Å². The zero-order valence-electron chi connectivity index (χ0n) is 33.3. The third-order valence-corrected chi connectivity index (χ3v) is 13.7. The highest BCUT2D eigenvalue weighted by molar-refractivity contribution is 7.26. The van der Waals surface area contributed by atoms with Crippen LogP contribution in [0.25, 0.3) is 96.7 Å². The van der Waals surface area contributed by atoms with E-state index < -0.39 is 0 Å². The minimum absolute atomic E-state index is 0.368. The van der Waals surface area contributed by atoms with Crippen LogP contribution < -0.4 is 5.32 Å². The van der Waals surface area contributed by atoms with Gasteiger partial charge in [0.15, 0.2) is 5.84 Å². The first-order valence-corrected chi connectivity index (χ1v) is 21.8. The molecule has 1 unspecified atom stereocenters. The lowest BCUT2D eigenvalue weighted by atomic mass is 9.92. The Hall–Kier alpha value is -7.86. The number of rotatable bonds is 5. The smallest absolute Gasteiger partial charge is 0.160 e. The molecule has 1 aliphatic heterocycles. The van der Waals surface area contributed by atoms with E-state index in [2.05, 4.69) is 206 Å². The van der Waals surface area contributed by atoms with Crippen molar-refractivity contribution in [1.29, 1.82) is 0 Å². The number of hydrogen-bond donors (Lipinski definition) is 1. The molecular formula is C57H35N3OS. The number of fused-ring (bicyclic) bond motifs is 9. The van der Waals surface area contributed by atoms with Gasteiger partial charge >= 0.3 is 0 Å². The van der Waals surface area contributed by atoms with Crippen molar-refractivity contribution in [3.05, 3.63) is 217 Å². The average molecular weight is 810 g/mol. The number of furan rings is 1. The summed E-state index contributed by atoms with van der Waals surface area (Å²) in [4.78, 5) is 10.7. The molecule has 0 amide bonds. The molecule has 0 saturated heterocycles. The molecule has 0 bridgehead atoms. The van der Waals surface area contributed by atoms with Gasteiger partial charge in [-0.25, -0.2) is 9.98 Å². The Balaban J connectivity index is 0.960. The fourth-order valence-corrected chi connectivity index (χ4v) is 10.6. The maximum Gasteiger partial charge on any atom is 0.160 e. The van der Waals surface area contributed by atoms with E-state index in [0.717, 1.165) is 77.9 Å². The van der Waals surface area contributed by atoms with Crippen LogP contribution in [0.1, 0.15) is 22.9 Å². The fraction of sp³-hybridized carbons (Fsp3) is 0.0175. The van der Waals surface area contributed by atoms with Crippen LogP contribution in [0.3, 0.4) is 0 Å². The Morgan fingerprint density at radius 2 is 1.06 bits per heavy atom. The maximum absolute atomic E-state index is 6.74. The van der Waals surface area contributed by atoms with E-state index in [1.54, 1.807) is 11.3 Å². The van der Waals surface area contributed by atoms with Gasteiger partial charge in [-0.1, -0.05) is 152 Å². The Bertz CT molecular complexity index is 3850. The molecule has 1 atom stereocenters. The second-order valence-corrected chi connectivity index (χ2v) is 17.2. The average Bonchev–Trinajstić information content (AvgIpc) is 3.90. The van der Waals surface area contributed by atoms with E-state index >= 15 is 0 Å². The molecular weight excluding hydrogens is 775 g/mol. The normalized spacial score (nSPS) is 14.3. The van der Waals surface area contributed by atoms with Crippen LogP contribution in [0.2, 0.25) is 0 Å². The molecule has 0 radical (unpaired) electrons. The summed E-state index contributed by atoms with van der Waals surface area (Å²) in [6, 6.07) is 71.7. The van der Waals surface area contributed by atoms with Crippen molar-refractivity contribution in [2.45, 2.75) is 6.17 Å². The first-order chi connectivity index (χ1) is 30.7. The number of hydrogen-bond acceptors (Lipinski definition) is 5. The fourth-order valence-electron chi connectivity index (χ4n) is 9.35. The maximum atomic E-state index is 6.74. The van der Waals surface area contributed by atoms with Crippen LogP contribution in [0.5, 0.6) is 0 Å². The minimum Gasteiger partial charge on any atom is -0.456 e. The van der Waals surface area contributed by atoms with Crippen molar-refractivity contribution >= 4 is 97.4 Å². The number of benzene rings is 10. The third-order valence-electron chi connectivity index (χ3n) is 12.5. The summed E-state index contributed by atoms with van der Waals surface area (Å²) >= 11 is 1.80. The second-order valence-electron chi connectivity index (χ2n) is 16.2. The van der Waals surface area contributed by atoms with E-state index in [-0.39, 0.29) is 6.17 Å². The molecule has 290 valence electrons. The summed E-state index contributed by atoms with van der Waals surface area (Å²) in [6.07, 6.45) is -0.368. The molecule has 4 nitrogen and oxygen atoms in total. The molecule has 62 heavy (non-hydrogen) atoms. The van der Waals surface area contributed by atoms with E-state index in [0.29, 0.717) is 0 Å².